The van der Waals surface area contributed by atoms with Gasteiger partial charge >= 0.3 is 0 Å². The zero-order valence-corrected chi connectivity index (χ0v) is 21.5. The van der Waals surface area contributed by atoms with Crippen LogP contribution in [0.2, 0.25) is 5.02 Å². The van der Waals surface area contributed by atoms with Crippen molar-refractivity contribution in [1.82, 2.24) is 10.2 Å². The molecule has 180 valence electrons. The van der Waals surface area contributed by atoms with Crippen LogP contribution in [0.4, 0.5) is 5.69 Å². The van der Waals surface area contributed by atoms with Crippen LogP contribution in [-0.2, 0) is 26.2 Å². The van der Waals surface area contributed by atoms with Gasteiger partial charge in [-0.1, -0.05) is 35.9 Å². The fraction of sp³-hybridized carbons (Fsp3) is 0.417. The largest absolute Gasteiger partial charge is 0.352 e. The summed E-state index contributed by atoms with van der Waals surface area (Å²) in [7, 11) is -3.77. The van der Waals surface area contributed by atoms with Gasteiger partial charge in [-0.25, -0.2) is 8.42 Å². The zero-order valence-electron chi connectivity index (χ0n) is 19.9. The molecule has 2 aromatic rings. The van der Waals surface area contributed by atoms with E-state index in [1.807, 2.05) is 33.8 Å². The number of hydrogen-bond donors (Lipinski definition) is 1. The van der Waals surface area contributed by atoms with Gasteiger partial charge in [0.05, 0.1) is 11.9 Å². The Labute approximate surface area is 201 Å². The number of amides is 2. The minimum absolute atomic E-state index is 0.106. The second-order valence-corrected chi connectivity index (χ2v) is 10.8. The molecule has 0 aliphatic heterocycles. The molecule has 0 aliphatic carbocycles. The van der Waals surface area contributed by atoms with Crippen molar-refractivity contribution in [2.24, 2.45) is 0 Å². The van der Waals surface area contributed by atoms with Crippen molar-refractivity contribution in [3.8, 4) is 0 Å². The molecule has 0 saturated heterocycles. The summed E-state index contributed by atoms with van der Waals surface area (Å²) >= 11 is 6.11. The van der Waals surface area contributed by atoms with Crippen LogP contribution in [0.25, 0.3) is 0 Å². The molecule has 0 radical (unpaired) electrons. The van der Waals surface area contributed by atoms with Gasteiger partial charge in [0, 0.05) is 17.6 Å². The third kappa shape index (κ3) is 7.20. The van der Waals surface area contributed by atoms with Crippen molar-refractivity contribution in [2.45, 2.75) is 53.2 Å². The van der Waals surface area contributed by atoms with Gasteiger partial charge in [0.2, 0.25) is 21.8 Å². The number of halogens is 1. The van der Waals surface area contributed by atoms with Crippen LogP contribution in [0.15, 0.2) is 42.5 Å². The van der Waals surface area contributed by atoms with E-state index < -0.39 is 28.5 Å². The number of sulfonamides is 1. The molecule has 7 nitrogen and oxygen atoms in total. The summed E-state index contributed by atoms with van der Waals surface area (Å²) in [4.78, 5) is 27.6. The van der Waals surface area contributed by atoms with Crippen LogP contribution in [0.1, 0.15) is 37.5 Å². The highest BCUT2D eigenvalue weighted by Crippen LogP contribution is 2.25. The second-order valence-electron chi connectivity index (χ2n) is 8.48. The predicted molar refractivity (Wildman–Crippen MR) is 133 cm³/mol. The number of benzene rings is 2. The molecule has 1 N–H and O–H groups in total. The Morgan fingerprint density at radius 1 is 1.06 bits per heavy atom. The molecule has 0 heterocycles. The molecule has 0 aliphatic rings. The summed E-state index contributed by atoms with van der Waals surface area (Å²) in [6.07, 6.45) is 1.07. The van der Waals surface area contributed by atoms with Crippen molar-refractivity contribution >= 4 is 39.1 Å². The lowest BCUT2D eigenvalue weighted by atomic mass is 10.1. The maximum absolute atomic E-state index is 13.5. The van der Waals surface area contributed by atoms with Crippen molar-refractivity contribution in [3.63, 3.8) is 0 Å². The molecular formula is C24H32ClN3O4S. The van der Waals surface area contributed by atoms with Gasteiger partial charge < -0.3 is 10.2 Å². The maximum atomic E-state index is 13.5. The summed E-state index contributed by atoms with van der Waals surface area (Å²) in [6.45, 7) is 8.67. The van der Waals surface area contributed by atoms with E-state index in [1.165, 1.54) is 4.90 Å². The molecule has 0 fully saturated rings. The summed E-state index contributed by atoms with van der Waals surface area (Å²) < 4.78 is 26.4. The molecule has 1 unspecified atom stereocenters. The third-order valence-corrected chi connectivity index (χ3v) is 6.73. The standard InChI is InChI=1S/C24H32ClN3O4S/c1-16(2)26-24(30)19(5)27(14-20-10-8-11-21(25)13-20)23(29)15-28(33(6,31)32)22-12-7-9-17(3)18(22)4/h7-13,16,19H,14-15H2,1-6H3,(H,26,30). The molecule has 2 aromatic carbocycles. The normalized spacial score (nSPS) is 12.4. The quantitative estimate of drug-likeness (QED) is 0.577. The lowest BCUT2D eigenvalue weighted by Gasteiger charge is -2.32. The predicted octanol–water partition coefficient (Wildman–Crippen LogP) is 3.66. The fourth-order valence-corrected chi connectivity index (χ4v) is 4.53. The van der Waals surface area contributed by atoms with Gasteiger partial charge in [-0.15, -0.1) is 0 Å². The Morgan fingerprint density at radius 2 is 1.70 bits per heavy atom. The molecule has 0 saturated carbocycles. The minimum Gasteiger partial charge on any atom is -0.352 e. The number of hydrogen-bond acceptors (Lipinski definition) is 4. The molecule has 33 heavy (non-hydrogen) atoms. The van der Waals surface area contributed by atoms with Crippen LogP contribution in [0.3, 0.4) is 0 Å². The smallest absolute Gasteiger partial charge is 0.244 e. The average molecular weight is 494 g/mol. The van der Waals surface area contributed by atoms with Gasteiger partial charge in [-0.2, -0.15) is 0 Å². The molecule has 0 bridgehead atoms. The first-order valence-corrected chi connectivity index (χ1v) is 12.9. The highest BCUT2D eigenvalue weighted by Gasteiger charge is 2.30. The first-order chi connectivity index (χ1) is 15.3. The van der Waals surface area contributed by atoms with Crippen LogP contribution in [-0.4, -0.2) is 50.0 Å². The second kappa shape index (κ2) is 11.0. The third-order valence-electron chi connectivity index (χ3n) is 5.36. The number of aryl methyl sites for hydroxylation is 1. The fourth-order valence-electron chi connectivity index (χ4n) is 3.42. The number of anilines is 1. The Morgan fingerprint density at radius 3 is 2.27 bits per heavy atom. The summed E-state index contributed by atoms with van der Waals surface area (Å²) in [5.41, 5.74) is 2.85. The van der Waals surface area contributed by atoms with E-state index in [9.17, 15) is 18.0 Å². The Hall–Kier alpha value is -2.58. The van der Waals surface area contributed by atoms with Crippen molar-refractivity contribution in [3.05, 3.63) is 64.2 Å². The Bertz CT molecular complexity index is 1120. The number of carbonyl (C=O) groups excluding carboxylic acids is 2. The van der Waals surface area contributed by atoms with Gasteiger partial charge in [-0.3, -0.25) is 13.9 Å². The Balaban J connectivity index is 2.44. The highest BCUT2D eigenvalue weighted by molar-refractivity contribution is 7.92. The SMILES string of the molecule is Cc1cccc(N(CC(=O)N(Cc2cccc(Cl)c2)C(C)C(=O)NC(C)C)S(C)(=O)=O)c1C. The molecule has 2 amide bonds. The van der Waals surface area contributed by atoms with Gasteiger partial charge in [0.15, 0.2) is 0 Å². The zero-order chi connectivity index (χ0) is 24.9. The van der Waals surface area contributed by atoms with E-state index in [2.05, 4.69) is 5.32 Å². The van der Waals surface area contributed by atoms with Crippen LogP contribution < -0.4 is 9.62 Å². The van der Waals surface area contributed by atoms with Crippen LogP contribution >= 0.6 is 11.6 Å². The van der Waals surface area contributed by atoms with Crippen molar-refractivity contribution in [1.29, 1.82) is 0 Å². The lowest BCUT2D eigenvalue weighted by Crippen LogP contribution is -2.52. The van der Waals surface area contributed by atoms with Crippen molar-refractivity contribution < 1.29 is 18.0 Å². The monoisotopic (exact) mass is 493 g/mol. The lowest BCUT2D eigenvalue weighted by molar-refractivity contribution is -0.139. The van der Waals surface area contributed by atoms with Crippen molar-refractivity contribution in [2.75, 3.05) is 17.1 Å². The Kier molecular flexibility index (Phi) is 8.91. The first kappa shape index (κ1) is 26.7. The van der Waals surface area contributed by atoms with E-state index in [0.717, 1.165) is 27.3 Å². The summed E-state index contributed by atoms with van der Waals surface area (Å²) in [5, 5.41) is 3.32. The number of nitrogens with zero attached hydrogens (tertiary/aromatic N) is 2. The maximum Gasteiger partial charge on any atom is 0.244 e. The number of carbonyl (C=O) groups is 2. The summed E-state index contributed by atoms with van der Waals surface area (Å²) in [6, 6.07) is 11.4. The molecule has 1 atom stereocenters. The topological polar surface area (TPSA) is 86.8 Å². The highest BCUT2D eigenvalue weighted by atomic mass is 35.5. The first-order valence-electron chi connectivity index (χ1n) is 10.7. The minimum atomic E-state index is -3.77. The molecule has 9 heteroatoms. The van der Waals surface area contributed by atoms with E-state index in [0.29, 0.717) is 10.7 Å². The van der Waals surface area contributed by atoms with E-state index >= 15 is 0 Å². The summed E-state index contributed by atoms with van der Waals surface area (Å²) in [5.74, 6) is -0.814. The van der Waals surface area contributed by atoms with Gasteiger partial charge in [0.1, 0.15) is 12.6 Å². The van der Waals surface area contributed by atoms with E-state index in [1.54, 1.807) is 43.3 Å². The number of rotatable bonds is 9. The van der Waals surface area contributed by atoms with Gasteiger partial charge in [-0.05, 0) is 69.5 Å². The van der Waals surface area contributed by atoms with Crippen LogP contribution in [0, 0.1) is 13.8 Å². The molecule has 0 spiro atoms. The van der Waals surface area contributed by atoms with Gasteiger partial charge in [0.25, 0.3) is 0 Å². The van der Waals surface area contributed by atoms with E-state index in [4.69, 9.17) is 11.6 Å². The van der Waals surface area contributed by atoms with Crippen LogP contribution in [0.5, 0.6) is 0 Å². The molecule has 2 rings (SSSR count). The average Bonchev–Trinajstić information content (AvgIpc) is 2.70. The van der Waals surface area contributed by atoms with E-state index in [-0.39, 0.29) is 18.5 Å². The molecular weight excluding hydrogens is 462 g/mol. The number of nitrogens with one attached hydrogen (secondary N) is 1. The molecule has 0 aromatic heterocycles.